The summed E-state index contributed by atoms with van der Waals surface area (Å²) in [6.45, 7) is 8.79. The molecule has 2 aromatic rings. The number of hydrogen-bond donors (Lipinski definition) is 0. The van der Waals surface area contributed by atoms with Gasteiger partial charge in [-0.1, -0.05) is 0 Å². The number of ether oxygens (including phenoxy) is 1. The number of aromatic nitrogens is 2. The number of hydrogen-bond acceptors (Lipinski definition) is 6. The van der Waals surface area contributed by atoms with E-state index >= 15 is 0 Å². The lowest BCUT2D eigenvalue weighted by molar-refractivity contribution is -0.130. The van der Waals surface area contributed by atoms with Gasteiger partial charge in [0.1, 0.15) is 12.4 Å². The third kappa shape index (κ3) is 4.82. The van der Waals surface area contributed by atoms with Gasteiger partial charge in [-0.15, -0.1) is 0 Å². The quantitative estimate of drug-likeness (QED) is 0.715. The highest BCUT2D eigenvalue weighted by Crippen LogP contribution is 2.30. The Balaban J connectivity index is 1.21. The summed E-state index contributed by atoms with van der Waals surface area (Å²) in [6, 6.07) is 6.48. The predicted octanol–water partition coefficient (Wildman–Crippen LogP) is 3.33. The van der Waals surface area contributed by atoms with E-state index in [1.165, 1.54) is 24.9 Å². The van der Waals surface area contributed by atoms with Gasteiger partial charge in [0.05, 0.1) is 10.9 Å². The van der Waals surface area contributed by atoms with Crippen molar-refractivity contribution in [3.63, 3.8) is 0 Å². The van der Waals surface area contributed by atoms with Crippen molar-refractivity contribution in [3.05, 3.63) is 24.5 Å². The van der Waals surface area contributed by atoms with Gasteiger partial charge >= 0.3 is 0 Å². The van der Waals surface area contributed by atoms with Crippen LogP contribution in [0.4, 0.5) is 5.69 Å². The van der Waals surface area contributed by atoms with Gasteiger partial charge in [-0.25, -0.2) is 9.97 Å². The summed E-state index contributed by atoms with van der Waals surface area (Å²) >= 11 is 0. The second-order valence-corrected chi connectivity index (χ2v) is 9.67. The molecule has 0 N–H and O–H groups in total. The van der Waals surface area contributed by atoms with Gasteiger partial charge in [0.15, 0.2) is 0 Å². The minimum Gasteiger partial charge on any atom is -0.474 e. The first-order valence-corrected chi connectivity index (χ1v) is 12.3. The number of rotatable bonds is 5. The molecule has 1 atom stereocenters. The summed E-state index contributed by atoms with van der Waals surface area (Å²) in [6.07, 6.45) is 9.01. The van der Waals surface area contributed by atoms with Crippen molar-refractivity contribution in [1.29, 1.82) is 0 Å². The van der Waals surface area contributed by atoms with Crippen LogP contribution in [0.15, 0.2) is 24.5 Å². The van der Waals surface area contributed by atoms with Crippen molar-refractivity contribution in [2.45, 2.75) is 51.6 Å². The molecular weight excluding hydrogens is 402 g/mol. The molecule has 2 aliphatic heterocycles. The zero-order valence-electron chi connectivity index (χ0n) is 19.2. The Kier molecular flexibility index (Phi) is 6.44. The van der Waals surface area contributed by atoms with Crippen LogP contribution in [0, 0.1) is 5.92 Å². The third-order valence-electron chi connectivity index (χ3n) is 7.38. The van der Waals surface area contributed by atoms with E-state index in [-0.39, 0.29) is 5.91 Å². The number of benzene rings is 1. The topological polar surface area (TPSA) is 61.8 Å². The molecule has 7 nitrogen and oxygen atoms in total. The Labute approximate surface area is 190 Å². The highest BCUT2D eigenvalue weighted by molar-refractivity contribution is 5.86. The van der Waals surface area contributed by atoms with Gasteiger partial charge < -0.3 is 14.5 Å². The SMILES string of the molecule is CC(=O)N1CCCC(CN2CCN(c3ccc4ncnc(OC5CCCC5)c4c3)CC2)C1. The first kappa shape index (κ1) is 21.4. The fourth-order valence-corrected chi connectivity index (χ4v) is 5.53. The molecule has 1 aromatic carbocycles. The maximum absolute atomic E-state index is 11.7. The number of amides is 1. The lowest BCUT2D eigenvalue weighted by atomic mass is 9.97. The van der Waals surface area contributed by atoms with Crippen LogP contribution >= 0.6 is 0 Å². The number of nitrogens with zero attached hydrogens (tertiary/aromatic N) is 5. The van der Waals surface area contributed by atoms with Crippen LogP contribution in [0.25, 0.3) is 10.9 Å². The van der Waals surface area contributed by atoms with Crippen LogP contribution in [0.2, 0.25) is 0 Å². The fraction of sp³-hybridized carbons (Fsp3) is 0.640. The van der Waals surface area contributed by atoms with Crippen molar-refractivity contribution in [2.75, 3.05) is 50.7 Å². The Bertz CT molecular complexity index is 937. The average molecular weight is 438 g/mol. The van der Waals surface area contributed by atoms with Crippen molar-refractivity contribution in [2.24, 2.45) is 5.92 Å². The van der Waals surface area contributed by atoms with Crippen molar-refractivity contribution in [3.8, 4) is 5.88 Å². The van der Waals surface area contributed by atoms with Gasteiger partial charge in [-0.05, 0) is 62.6 Å². The van der Waals surface area contributed by atoms with E-state index in [4.69, 9.17) is 4.74 Å². The Morgan fingerprint density at radius 2 is 1.84 bits per heavy atom. The van der Waals surface area contributed by atoms with E-state index in [2.05, 4.69) is 38.0 Å². The zero-order valence-corrected chi connectivity index (χ0v) is 19.2. The number of fused-ring (bicyclic) bond motifs is 1. The molecule has 172 valence electrons. The Hall–Kier alpha value is -2.41. The minimum absolute atomic E-state index is 0.219. The van der Waals surface area contributed by atoms with Crippen LogP contribution in [-0.2, 0) is 4.79 Å². The van der Waals surface area contributed by atoms with Gasteiger partial charge in [-0.2, -0.15) is 0 Å². The molecule has 1 saturated carbocycles. The Morgan fingerprint density at radius 1 is 1.03 bits per heavy atom. The molecule has 3 fully saturated rings. The average Bonchev–Trinajstić information content (AvgIpc) is 3.33. The maximum atomic E-state index is 11.7. The summed E-state index contributed by atoms with van der Waals surface area (Å²) in [5, 5.41) is 1.02. The first-order valence-electron chi connectivity index (χ1n) is 12.3. The molecule has 7 heteroatoms. The number of anilines is 1. The number of likely N-dealkylation sites (tertiary alicyclic amines) is 1. The van der Waals surface area contributed by atoms with E-state index in [1.807, 2.05) is 4.90 Å². The van der Waals surface area contributed by atoms with Crippen LogP contribution < -0.4 is 9.64 Å². The molecule has 5 rings (SSSR count). The van der Waals surface area contributed by atoms with E-state index in [0.29, 0.717) is 12.0 Å². The van der Waals surface area contributed by atoms with Crippen molar-refractivity contribution >= 4 is 22.5 Å². The first-order chi connectivity index (χ1) is 15.7. The van der Waals surface area contributed by atoms with Gasteiger partial charge in [-0.3, -0.25) is 9.69 Å². The van der Waals surface area contributed by atoms with E-state index in [1.54, 1.807) is 13.3 Å². The van der Waals surface area contributed by atoms with Crippen molar-refractivity contribution in [1.82, 2.24) is 19.8 Å². The normalized spacial score (nSPS) is 23.1. The van der Waals surface area contributed by atoms with Gasteiger partial charge in [0.2, 0.25) is 11.8 Å². The number of carbonyl (C=O) groups excluding carboxylic acids is 1. The molecule has 2 saturated heterocycles. The van der Waals surface area contributed by atoms with Gasteiger partial charge in [0, 0.05) is 58.4 Å². The third-order valence-corrected chi connectivity index (χ3v) is 7.38. The lowest BCUT2D eigenvalue weighted by Gasteiger charge is -2.40. The van der Waals surface area contributed by atoms with Gasteiger partial charge in [0.25, 0.3) is 0 Å². The minimum atomic E-state index is 0.219. The van der Waals surface area contributed by atoms with Crippen LogP contribution in [0.5, 0.6) is 5.88 Å². The van der Waals surface area contributed by atoms with Crippen LogP contribution in [0.3, 0.4) is 0 Å². The lowest BCUT2D eigenvalue weighted by Crippen LogP contribution is -2.50. The standard InChI is InChI=1S/C25H35N5O2/c1-19(31)30-10-4-5-20(17-30)16-28-11-13-29(14-12-28)21-8-9-24-23(15-21)25(27-18-26-24)32-22-6-2-3-7-22/h8-9,15,18,20,22H,2-7,10-14,16-17H2,1H3. The molecule has 0 bridgehead atoms. The Morgan fingerprint density at radius 3 is 2.62 bits per heavy atom. The maximum Gasteiger partial charge on any atom is 0.224 e. The molecule has 0 spiro atoms. The molecule has 1 amide bonds. The molecule has 3 heterocycles. The molecule has 1 aliphatic carbocycles. The zero-order chi connectivity index (χ0) is 21.9. The van der Waals surface area contributed by atoms with Crippen molar-refractivity contribution < 1.29 is 9.53 Å². The largest absolute Gasteiger partial charge is 0.474 e. The fourth-order valence-electron chi connectivity index (χ4n) is 5.53. The molecule has 32 heavy (non-hydrogen) atoms. The number of carbonyl (C=O) groups is 1. The molecular formula is C25H35N5O2. The summed E-state index contributed by atoms with van der Waals surface area (Å²) in [7, 11) is 0. The summed E-state index contributed by atoms with van der Waals surface area (Å²) in [4.78, 5) is 27.7. The second kappa shape index (κ2) is 9.61. The van der Waals surface area contributed by atoms with E-state index in [0.717, 1.165) is 81.9 Å². The smallest absolute Gasteiger partial charge is 0.224 e. The molecule has 0 radical (unpaired) electrons. The molecule has 3 aliphatic rings. The molecule has 1 unspecified atom stereocenters. The number of piperidine rings is 1. The summed E-state index contributed by atoms with van der Waals surface area (Å²) in [5.41, 5.74) is 2.17. The highest BCUT2D eigenvalue weighted by atomic mass is 16.5. The van der Waals surface area contributed by atoms with Crippen LogP contribution in [0.1, 0.15) is 45.4 Å². The number of piperazine rings is 1. The van der Waals surface area contributed by atoms with E-state index in [9.17, 15) is 4.79 Å². The predicted molar refractivity (Wildman–Crippen MR) is 126 cm³/mol. The van der Waals surface area contributed by atoms with Crippen LogP contribution in [-0.4, -0.2) is 77.6 Å². The molecule has 1 aromatic heterocycles. The highest BCUT2D eigenvalue weighted by Gasteiger charge is 2.26. The van der Waals surface area contributed by atoms with E-state index < -0.39 is 0 Å². The monoisotopic (exact) mass is 437 g/mol. The summed E-state index contributed by atoms with van der Waals surface area (Å²) < 4.78 is 6.25. The summed E-state index contributed by atoms with van der Waals surface area (Å²) in [5.74, 6) is 1.55. The second-order valence-electron chi connectivity index (χ2n) is 9.67.